The summed E-state index contributed by atoms with van der Waals surface area (Å²) < 4.78 is 2.94. The highest BCUT2D eigenvalue weighted by atomic mass is 32.1. The van der Waals surface area contributed by atoms with E-state index in [1.54, 1.807) is 30.7 Å². The predicted molar refractivity (Wildman–Crippen MR) is 97.6 cm³/mol. The van der Waals surface area contributed by atoms with Crippen molar-refractivity contribution in [3.8, 4) is 5.82 Å². The van der Waals surface area contributed by atoms with Gasteiger partial charge in [0, 0.05) is 31.3 Å². The average Bonchev–Trinajstić information content (AvgIpc) is 3.24. The van der Waals surface area contributed by atoms with Crippen LogP contribution < -0.4 is 10.9 Å². The first-order chi connectivity index (χ1) is 12.6. The molecule has 0 saturated carbocycles. The fraction of sp³-hybridized carbons (Fsp3) is 0.118. The lowest BCUT2D eigenvalue weighted by Gasteiger charge is -2.08. The second-order valence-electron chi connectivity index (χ2n) is 5.57. The summed E-state index contributed by atoms with van der Waals surface area (Å²) in [5.41, 5.74) is 0.504. The Morgan fingerprint density at radius 1 is 1.19 bits per heavy atom. The number of rotatable bonds is 3. The number of hydrogen-bond acceptors (Lipinski definition) is 6. The third-order valence-corrected chi connectivity index (χ3v) is 4.89. The summed E-state index contributed by atoms with van der Waals surface area (Å²) in [6.45, 7) is 2.16. The Bertz CT molecular complexity index is 1160. The fourth-order valence-electron chi connectivity index (χ4n) is 2.57. The Balaban J connectivity index is 1.54. The normalized spacial score (nSPS) is 11.0. The third kappa shape index (κ3) is 2.88. The highest BCUT2D eigenvalue weighted by Gasteiger charge is 2.14. The van der Waals surface area contributed by atoms with Gasteiger partial charge in [-0.3, -0.25) is 9.36 Å². The van der Waals surface area contributed by atoms with Gasteiger partial charge in [-0.2, -0.15) is 3.96 Å². The molecule has 0 spiro atoms. The van der Waals surface area contributed by atoms with Crippen LogP contribution >= 0.6 is 11.5 Å². The summed E-state index contributed by atoms with van der Waals surface area (Å²) >= 11 is 1.03. The monoisotopic (exact) mass is 366 g/mol. The van der Waals surface area contributed by atoms with Crippen molar-refractivity contribution in [1.82, 2.24) is 28.8 Å². The molecule has 0 bridgehead atoms. The van der Waals surface area contributed by atoms with Crippen LogP contribution in [0.25, 0.3) is 16.0 Å². The van der Waals surface area contributed by atoms with Gasteiger partial charge < -0.3 is 5.32 Å². The Morgan fingerprint density at radius 2 is 2.08 bits per heavy atom. The predicted octanol–water partition coefficient (Wildman–Crippen LogP) is 2.11. The quantitative estimate of drug-likeness (QED) is 0.599. The van der Waals surface area contributed by atoms with Gasteiger partial charge in [0.05, 0.1) is 5.39 Å². The summed E-state index contributed by atoms with van der Waals surface area (Å²) in [4.78, 5) is 37.8. The molecular weight excluding hydrogens is 352 g/mol. The van der Waals surface area contributed by atoms with Gasteiger partial charge in [-0.1, -0.05) is 0 Å². The van der Waals surface area contributed by atoms with E-state index in [1.807, 2.05) is 29.8 Å². The second kappa shape index (κ2) is 6.52. The molecule has 8 nitrogen and oxygen atoms in total. The van der Waals surface area contributed by atoms with Gasteiger partial charge in [0.1, 0.15) is 16.5 Å². The minimum atomic E-state index is -0.477. The van der Waals surface area contributed by atoms with E-state index in [0.29, 0.717) is 10.2 Å². The smallest absolute Gasteiger partial charge is 0.333 e. The van der Waals surface area contributed by atoms with Crippen LogP contribution in [0.5, 0.6) is 0 Å². The van der Waals surface area contributed by atoms with Crippen LogP contribution in [0.2, 0.25) is 0 Å². The number of carbonyl (C=O) groups excluding carboxylic acids is 1. The minimum absolute atomic E-state index is 0.274. The van der Waals surface area contributed by atoms with Crippen LogP contribution in [0.3, 0.4) is 0 Å². The van der Waals surface area contributed by atoms with Crippen molar-refractivity contribution < 1.29 is 4.79 Å². The third-order valence-electron chi connectivity index (χ3n) is 3.87. The Labute approximate surface area is 151 Å². The number of nitrogens with one attached hydrogen (secondary N) is 1. The molecule has 0 fully saturated rings. The van der Waals surface area contributed by atoms with Crippen LogP contribution in [-0.4, -0.2) is 29.5 Å². The van der Waals surface area contributed by atoms with Crippen molar-refractivity contribution >= 4 is 27.8 Å². The molecule has 9 heteroatoms. The van der Waals surface area contributed by atoms with Gasteiger partial charge in [0.15, 0.2) is 0 Å². The van der Waals surface area contributed by atoms with Crippen molar-refractivity contribution in [1.29, 1.82) is 0 Å². The molecule has 0 saturated heterocycles. The summed E-state index contributed by atoms with van der Waals surface area (Å²) in [7, 11) is 0. The second-order valence-corrected chi connectivity index (χ2v) is 6.51. The van der Waals surface area contributed by atoms with E-state index in [1.165, 1.54) is 0 Å². The molecule has 0 aromatic carbocycles. The van der Waals surface area contributed by atoms with Crippen molar-refractivity contribution in [3.63, 3.8) is 0 Å². The molecular formula is C17H14N6O2S. The van der Waals surface area contributed by atoms with Crippen LogP contribution in [0.1, 0.15) is 11.4 Å². The first-order valence-corrected chi connectivity index (χ1v) is 8.61. The zero-order chi connectivity index (χ0) is 18.1. The van der Waals surface area contributed by atoms with Gasteiger partial charge in [-0.15, -0.1) is 0 Å². The first-order valence-electron chi connectivity index (χ1n) is 7.84. The highest BCUT2D eigenvalue weighted by Crippen LogP contribution is 2.13. The first kappa shape index (κ1) is 16.2. The number of imidazole rings is 1. The molecule has 0 atom stereocenters. The number of carbonyl (C=O) groups is 1. The lowest BCUT2D eigenvalue weighted by Crippen LogP contribution is -2.32. The molecule has 4 heterocycles. The van der Waals surface area contributed by atoms with Crippen LogP contribution in [0, 0.1) is 6.92 Å². The van der Waals surface area contributed by atoms with Gasteiger partial charge >= 0.3 is 6.03 Å². The number of aromatic nitrogens is 5. The number of fused-ring (bicyclic) bond motifs is 1. The van der Waals surface area contributed by atoms with Crippen LogP contribution in [0.4, 0.5) is 4.79 Å². The number of nitrogens with zero attached hydrogens (tertiary/aromatic N) is 5. The Hall–Kier alpha value is -3.33. The molecule has 0 unspecified atom stereocenters. The number of amides is 1. The zero-order valence-electron chi connectivity index (χ0n) is 13.8. The molecule has 0 aliphatic heterocycles. The number of hydrogen-bond donors (Lipinski definition) is 1. The molecule has 4 aromatic rings. The van der Waals surface area contributed by atoms with E-state index in [-0.39, 0.29) is 12.1 Å². The highest BCUT2D eigenvalue weighted by molar-refractivity contribution is 7.14. The zero-order valence-corrected chi connectivity index (χ0v) is 14.6. The average molecular weight is 366 g/mol. The maximum atomic E-state index is 12.4. The van der Waals surface area contributed by atoms with Gasteiger partial charge in [0.25, 0.3) is 5.56 Å². The summed E-state index contributed by atoms with van der Waals surface area (Å²) in [5, 5.41) is 3.20. The van der Waals surface area contributed by atoms with E-state index < -0.39 is 6.03 Å². The molecule has 0 aliphatic rings. The van der Waals surface area contributed by atoms with Crippen molar-refractivity contribution in [2.45, 2.75) is 13.5 Å². The summed E-state index contributed by atoms with van der Waals surface area (Å²) in [6.07, 6.45) is 6.79. The molecule has 130 valence electrons. The van der Waals surface area contributed by atoms with Crippen molar-refractivity contribution in [3.05, 3.63) is 70.8 Å². The molecule has 0 radical (unpaired) electrons. The number of aryl methyl sites for hydroxylation is 1. The molecule has 1 amide bonds. The SMILES string of the molecule is Cc1nccn1-c1cc(CNC(=O)n2sc3ncccc3c2=O)ccn1. The molecule has 0 aliphatic carbocycles. The largest absolute Gasteiger partial charge is 0.338 e. The van der Waals surface area contributed by atoms with E-state index in [9.17, 15) is 9.59 Å². The van der Waals surface area contributed by atoms with Crippen molar-refractivity contribution in [2.24, 2.45) is 0 Å². The topological polar surface area (TPSA) is 94.7 Å². The lowest BCUT2D eigenvalue weighted by molar-refractivity contribution is 0.243. The van der Waals surface area contributed by atoms with E-state index in [0.717, 1.165) is 32.7 Å². The Morgan fingerprint density at radius 3 is 2.85 bits per heavy atom. The summed E-state index contributed by atoms with van der Waals surface area (Å²) in [5.74, 6) is 1.54. The van der Waals surface area contributed by atoms with Crippen LogP contribution in [0.15, 0.2) is 53.8 Å². The van der Waals surface area contributed by atoms with Gasteiger partial charge in [-0.05, 0) is 48.3 Å². The number of pyridine rings is 2. The molecule has 1 N–H and O–H groups in total. The standard InChI is InChI=1S/C17H14N6O2S/c1-11-18-7-8-22(11)14-9-12(4-6-19-14)10-21-17(25)23-16(24)13-3-2-5-20-15(13)26-23/h2-9H,10H2,1H3,(H,21,25). The van der Waals surface area contributed by atoms with Crippen LogP contribution in [-0.2, 0) is 6.54 Å². The molecule has 4 aromatic heterocycles. The molecule has 26 heavy (non-hydrogen) atoms. The maximum Gasteiger partial charge on any atom is 0.338 e. The Kier molecular flexibility index (Phi) is 4.05. The van der Waals surface area contributed by atoms with E-state index in [4.69, 9.17) is 0 Å². The van der Waals surface area contributed by atoms with Crippen molar-refractivity contribution in [2.75, 3.05) is 0 Å². The van der Waals surface area contributed by atoms with Gasteiger partial charge in [-0.25, -0.2) is 19.7 Å². The summed E-state index contributed by atoms with van der Waals surface area (Å²) in [6, 6.07) is 6.54. The fourth-order valence-corrected chi connectivity index (χ4v) is 3.43. The van der Waals surface area contributed by atoms with E-state index in [2.05, 4.69) is 20.3 Å². The minimum Gasteiger partial charge on any atom is -0.333 e. The maximum absolute atomic E-state index is 12.4. The lowest BCUT2D eigenvalue weighted by atomic mass is 10.2. The van der Waals surface area contributed by atoms with Gasteiger partial charge in [0.2, 0.25) is 0 Å². The molecule has 4 rings (SSSR count). The van der Waals surface area contributed by atoms with E-state index >= 15 is 0 Å².